The Hall–Kier alpha value is -2.01. The second-order valence-corrected chi connectivity index (χ2v) is 4.08. The van der Waals surface area contributed by atoms with Crippen molar-refractivity contribution in [2.45, 2.75) is 12.5 Å². The van der Waals surface area contributed by atoms with Crippen molar-refractivity contribution in [3.63, 3.8) is 0 Å². The van der Waals surface area contributed by atoms with Crippen molar-refractivity contribution in [3.8, 4) is 5.75 Å². The maximum atomic E-state index is 13.5. The Morgan fingerprint density at radius 3 is 2.58 bits per heavy atom. The van der Waals surface area contributed by atoms with Crippen LogP contribution in [0.25, 0.3) is 0 Å². The number of pyridine rings is 1. The van der Waals surface area contributed by atoms with E-state index in [2.05, 4.69) is 4.98 Å². The molecule has 19 heavy (non-hydrogen) atoms. The van der Waals surface area contributed by atoms with Gasteiger partial charge >= 0.3 is 0 Å². The van der Waals surface area contributed by atoms with Gasteiger partial charge in [0.25, 0.3) is 0 Å². The Bertz CT molecular complexity index is 555. The summed E-state index contributed by atoms with van der Waals surface area (Å²) < 4.78 is 31.9. The molecule has 0 fully saturated rings. The first kappa shape index (κ1) is 13.4. The zero-order valence-electron chi connectivity index (χ0n) is 10.3. The number of aliphatic hydroxyl groups excluding tert-OH is 1. The molecule has 0 bridgehead atoms. The van der Waals surface area contributed by atoms with Gasteiger partial charge in [-0.2, -0.15) is 0 Å². The number of nitrogens with zero attached hydrogens (tertiary/aromatic N) is 1. The standard InChI is InChI=1S/C14H13F2NO2/c1-19-10-5-9(7-17-8-10)14(18)6-11-12(15)3-2-4-13(11)16/h2-5,7-8,14,18H,6H2,1H3. The number of halogens is 2. The van der Waals surface area contributed by atoms with Gasteiger partial charge in [0.2, 0.25) is 0 Å². The summed E-state index contributed by atoms with van der Waals surface area (Å²) in [7, 11) is 1.48. The normalized spacial score (nSPS) is 12.2. The zero-order chi connectivity index (χ0) is 13.8. The van der Waals surface area contributed by atoms with E-state index in [-0.39, 0.29) is 12.0 Å². The van der Waals surface area contributed by atoms with Crippen LogP contribution in [0.2, 0.25) is 0 Å². The van der Waals surface area contributed by atoms with Crippen LogP contribution >= 0.6 is 0 Å². The highest BCUT2D eigenvalue weighted by Crippen LogP contribution is 2.23. The van der Waals surface area contributed by atoms with Gasteiger partial charge in [0.05, 0.1) is 19.4 Å². The smallest absolute Gasteiger partial charge is 0.137 e. The molecule has 0 aliphatic heterocycles. The molecule has 1 atom stereocenters. The van der Waals surface area contributed by atoms with E-state index < -0.39 is 17.7 Å². The fourth-order valence-corrected chi connectivity index (χ4v) is 1.77. The maximum Gasteiger partial charge on any atom is 0.137 e. The molecule has 1 aromatic heterocycles. The highest BCUT2D eigenvalue weighted by atomic mass is 19.1. The number of methoxy groups -OCH3 is 1. The second-order valence-electron chi connectivity index (χ2n) is 4.08. The molecule has 1 heterocycles. The largest absolute Gasteiger partial charge is 0.495 e. The third kappa shape index (κ3) is 3.06. The molecule has 0 aliphatic rings. The van der Waals surface area contributed by atoms with Gasteiger partial charge in [-0.05, 0) is 18.2 Å². The maximum absolute atomic E-state index is 13.5. The summed E-state index contributed by atoms with van der Waals surface area (Å²) in [4.78, 5) is 3.89. The summed E-state index contributed by atoms with van der Waals surface area (Å²) in [6.45, 7) is 0. The summed E-state index contributed by atoms with van der Waals surface area (Å²) in [5, 5.41) is 10.0. The number of rotatable bonds is 4. The lowest BCUT2D eigenvalue weighted by Gasteiger charge is -2.12. The number of ether oxygens (including phenoxy) is 1. The van der Waals surface area contributed by atoms with Gasteiger partial charge in [-0.3, -0.25) is 4.98 Å². The molecule has 0 aliphatic carbocycles. The van der Waals surface area contributed by atoms with E-state index in [1.165, 1.54) is 25.6 Å². The minimum Gasteiger partial charge on any atom is -0.495 e. The number of benzene rings is 1. The number of aromatic nitrogens is 1. The molecule has 1 unspecified atom stereocenters. The monoisotopic (exact) mass is 265 g/mol. The van der Waals surface area contributed by atoms with E-state index in [0.29, 0.717) is 11.3 Å². The van der Waals surface area contributed by atoms with Gasteiger partial charge < -0.3 is 9.84 Å². The summed E-state index contributed by atoms with van der Waals surface area (Å²) in [5.74, 6) is -0.865. The third-order valence-electron chi connectivity index (χ3n) is 2.81. The first-order valence-corrected chi connectivity index (χ1v) is 5.71. The van der Waals surface area contributed by atoms with Crippen LogP contribution in [0, 0.1) is 11.6 Å². The Kier molecular flexibility index (Phi) is 4.06. The predicted molar refractivity (Wildman–Crippen MR) is 65.8 cm³/mol. The Morgan fingerprint density at radius 1 is 1.26 bits per heavy atom. The lowest BCUT2D eigenvalue weighted by atomic mass is 10.0. The van der Waals surface area contributed by atoms with Crippen molar-refractivity contribution < 1.29 is 18.6 Å². The van der Waals surface area contributed by atoms with Crippen LogP contribution in [0.4, 0.5) is 8.78 Å². The molecule has 3 nitrogen and oxygen atoms in total. The molecule has 0 spiro atoms. The van der Waals surface area contributed by atoms with Crippen LogP contribution in [-0.4, -0.2) is 17.2 Å². The van der Waals surface area contributed by atoms with Gasteiger partial charge in [0.1, 0.15) is 17.4 Å². The molecule has 0 saturated heterocycles. The summed E-state index contributed by atoms with van der Waals surface area (Å²) in [5.41, 5.74) is 0.305. The Morgan fingerprint density at radius 2 is 1.95 bits per heavy atom. The highest BCUT2D eigenvalue weighted by molar-refractivity contribution is 5.28. The minimum atomic E-state index is -1.05. The third-order valence-corrected chi connectivity index (χ3v) is 2.81. The van der Waals surface area contributed by atoms with Crippen LogP contribution in [0.1, 0.15) is 17.2 Å². The first-order chi connectivity index (χ1) is 9.11. The van der Waals surface area contributed by atoms with Crippen molar-refractivity contribution >= 4 is 0 Å². The molecule has 0 saturated carbocycles. The van der Waals surface area contributed by atoms with Crippen molar-refractivity contribution in [2.24, 2.45) is 0 Å². The molecular formula is C14H13F2NO2. The molecule has 0 amide bonds. The average Bonchev–Trinajstić information content (AvgIpc) is 2.43. The molecule has 100 valence electrons. The molecule has 0 radical (unpaired) electrons. The molecule has 2 aromatic rings. The van der Waals surface area contributed by atoms with Crippen molar-refractivity contribution in [1.82, 2.24) is 4.98 Å². The van der Waals surface area contributed by atoms with E-state index in [1.54, 1.807) is 6.07 Å². The average molecular weight is 265 g/mol. The molecule has 2 rings (SSSR count). The van der Waals surface area contributed by atoms with Crippen molar-refractivity contribution in [3.05, 3.63) is 59.4 Å². The van der Waals surface area contributed by atoms with E-state index in [4.69, 9.17) is 4.74 Å². The number of aliphatic hydroxyl groups is 1. The molecule has 1 aromatic carbocycles. The van der Waals surface area contributed by atoms with Crippen LogP contribution in [0.5, 0.6) is 5.75 Å². The van der Waals surface area contributed by atoms with Crippen LogP contribution in [0.3, 0.4) is 0 Å². The van der Waals surface area contributed by atoms with E-state index in [9.17, 15) is 13.9 Å². The number of hydrogen-bond donors (Lipinski definition) is 1. The summed E-state index contributed by atoms with van der Waals surface area (Å²) >= 11 is 0. The first-order valence-electron chi connectivity index (χ1n) is 5.71. The van der Waals surface area contributed by atoms with Crippen molar-refractivity contribution in [2.75, 3.05) is 7.11 Å². The van der Waals surface area contributed by atoms with Crippen LogP contribution < -0.4 is 4.74 Å². The molecular weight excluding hydrogens is 252 g/mol. The van der Waals surface area contributed by atoms with Gasteiger partial charge in [0.15, 0.2) is 0 Å². The zero-order valence-corrected chi connectivity index (χ0v) is 10.3. The number of hydrogen-bond acceptors (Lipinski definition) is 3. The van der Waals surface area contributed by atoms with E-state index >= 15 is 0 Å². The Labute approximate surface area is 109 Å². The van der Waals surface area contributed by atoms with Gasteiger partial charge in [0, 0.05) is 23.7 Å². The topological polar surface area (TPSA) is 42.4 Å². The fourth-order valence-electron chi connectivity index (χ4n) is 1.77. The predicted octanol–water partition coefficient (Wildman–Crippen LogP) is 2.64. The summed E-state index contributed by atoms with van der Waals surface area (Å²) in [6.07, 6.45) is 1.72. The Balaban J connectivity index is 2.23. The second kappa shape index (κ2) is 5.75. The fraction of sp³-hybridized carbons (Fsp3) is 0.214. The SMILES string of the molecule is COc1cncc(C(O)Cc2c(F)cccc2F)c1. The van der Waals surface area contributed by atoms with Gasteiger partial charge in [-0.1, -0.05) is 6.07 Å². The van der Waals surface area contributed by atoms with Crippen LogP contribution in [0.15, 0.2) is 36.7 Å². The van der Waals surface area contributed by atoms with Crippen LogP contribution in [-0.2, 0) is 6.42 Å². The molecule has 1 N–H and O–H groups in total. The van der Waals surface area contributed by atoms with E-state index in [1.807, 2.05) is 0 Å². The van der Waals surface area contributed by atoms with E-state index in [0.717, 1.165) is 12.1 Å². The van der Waals surface area contributed by atoms with Gasteiger partial charge in [-0.25, -0.2) is 8.78 Å². The summed E-state index contributed by atoms with van der Waals surface area (Å²) in [6, 6.07) is 5.19. The van der Waals surface area contributed by atoms with Gasteiger partial charge in [-0.15, -0.1) is 0 Å². The van der Waals surface area contributed by atoms with Crippen molar-refractivity contribution in [1.29, 1.82) is 0 Å². The lowest BCUT2D eigenvalue weighted by Crippen LogP contribution is -2.06. The molecule has 5 heteroatoms. The quantitative estimate of drug-likeness (QED) is 0.924. The lowest BCUT2D eigenvalue weighted by molar-refractivity contribution is 0.174. The minimum absolute atomic E-state index is 0.141. The highest BCUT2D eigenvalue weighted by Gasteiger charge is 2.16.